The molecule has 3 N–H and O–H groups in total. The van der Waals surface area contributed by atoms with Gasteiger partial charge < -0.3 is 10.5 Å². The summed E-state index contributed by atoms with van der Waals surface area (Å²) in [6.45, 7) is 3.45. The van der Waals surface area contributed by atoms with E-state index in [1.807, 2.05) is 6.07 Å². The zero-order valence-electron chi connectivity index (χ0n) is 13.2. The summed E-state index contributed by atoms with van der Waals surface area (Å²) in [5, 5.41) is 0.135. The number of carbonyl (C=O) groups excluding carboxylic acids is 2. The van der Waals surface area contributed by atoms with Crippen LogP contribution in [0.5, 0.6) is 0 Å². The van der Waals surface area contributed by atoms with Crippen LogP contribution in [0.25, 0.3) is 11.3 Å². The number of esters is 1. The van der Waals surface area contributed by atoms with E-state index in [4.69, 9.17) is 33.7 Å². The lowest BCUT2D eigenvalue weighted by molar-refractivity contribution is 0.0377. The van der Waals surface area contributed by atoms with Gasteiger partial charge in [0.05, 0.1) is 28.4 Å². The molecule has 0 bridgehead atoms. The molecule has 2 amide bonds. The third-order valence-electron chi connectivity index (χ3n) is 3.15. The molecule has 0 radical (unpaired) electrons. The lowest BCUT2D eigenvalue weighted by Crippen LogP contribution is -2.30. The number of hydrogen-bond acceptors (Lipinski definition) is 3. The van der Waals surface area contributed by atoms with Crippen LogP contribution in [0, 0.1) is 0 Å². The summed E-state index contributed by atoms with van der Waals surface area (Å²) in [6, 6.07) is 8.21. The smallest absolute Gasteiger partial charge is 0.341 e. The molecule has 0 aliphatic rings. The average molecular weight is 370 g/mol. The Bertz CT molecular complexity index is 758. The lowest BCUT2D eigenvalue weighted by atomic mass is 10.1. The largest absolute Gasteiger partial charge is 0.459 e. The van der Waals surface area contributed by atoms with E-state index in [2.05, 4.69) is 5.43 Å². The lowest BCUT2D eigenvalue weighted by Gasteiger charge is -2.12. The van der Waals surface area contributed by atoms with Crippen LogP contribution in [-0.4, -0.2) is 22.8 Å². The van der Waals surface area contributed by atoms with Gasteiger partial charge in [-0.2, -0.15) is 0 Å². The molecule has 1 aromatic carbocycles. The number of urea groups is 1. The molecule has 1 heterocycles. The minimum atomic E-state index is -0.811. The van der Waals surface area contributed by atoms with Gasteiger partial charge >= 0.3 is 12.0 Å². The number of ether oxygens (including phenoxy) is 1. The summed E-state index contributed by atoms with van der Waals surface area (Å²) in [7, 11) is 0. The van der Waals surface area contributed by atoms with Crippen molar-refractivity contribution in [1.29, 1.82) is 0 Å². The molecule has 0 saturated carbocycles. The van der Waals surface area contributed by atoms with E-state index in [-0.39, 0.29) is 22.6 Å². The molecule has 2 rings (SSSR count). The molecule has 128 valence electrons. The normalized spacial score (nSPS) is 10.7. The second-order valence-electron chi connectivity index (χ2n) is 5.25. The quantitative estimate of drug-likeness (QED) is 0.621. The number of primary amides is 1. The maximum absolute atomic E-state index is 12.4. The standard InChI is InChI=1S/C16H17Cl2N3O3/c1-9(2)24-15(22)12-11(8-17)21(20-16(19)23)14(13(12)18)10-6-4-3-5-7-10/h3-7,9H,8H2,1-2H3,(H3,19,20,23). The highest BCUT2D eigenvalue weighted by Gasteiger charge is 2.29. The summed E-state index contributed by atoms with van der Waals surface area (Å²) < 4.78 is 6.55. The maximum Gasteiger partial charge on any atom is 0.341 e. The Morgan fingerprint density at radius 1 is 1.29 bits per heavy atom. The topological polar surface area (TPSA) is 86.3 Å². The van der Waals surface area contributed by atoms with Gasteiger partial charge in [-0.15, -0.1) is 11.6 Å². The van der Waals surface area contributed by atoms with Crippen LogP contribution < -0.4 is 11.2 Å². The molecule has 1 aromatic heterocycles. The minimum Gasteiger partial charge on any atom is -0.459 e. The van der Waals surface area contributed by atoms with Crippen LogP contribution in [0.15, 0.2) is 30.3 Å². The Morgan fingerprint density at radius 3 is 2.42 bits per heavy atom. The van der Waals surface area contributed by atoms with Crippen molar-refractivity contribution in [2.45, 2.75) is 25.8 Å². The fourth-order valence-corrected chi connectivity index (χ4v) is 2.92. The second-order valence-corrected chi connectivity index (χ2v) is 5.89. The second kappa shape index (κ2) is 7.59. The molecule has 6 nitrogen and oxygen atoms in total. The summed E-state index contributed by atoms with van der Waals surface area (Å²) in [4.78, 5) is 23.8. The highest BCUT2D eigenvalue weighted by atomic mass is 35.5. The van der Waals surface area contributed by atoms with Gasteiger partial charge in [-0.25, -0.2) is 15.0 Å². The van der Waals surface area contributed by atoms with Crippen molar-refractivity contribution in [3.63, 3.8) is 0 Å². The van der Waals surface area contributed by atoms with Gasteiger partial charge in [0.2, 0.25) is 0 Å². The monoisotopic (exact) mass is 369 g/mol. The van der Waals surface area contributed by atoms with E-state index in [9.17, 15) is 9.59 Å². The summed E-state index contributed by atoms with van der Waals surface area (Å²) in [6.07, 6.45) is -0.329. The minimum absolute atomic E-state index is 0.0740. The maximum atomic E-state index is 12.4. The number of amides is 2. The van der Waals surface area contributed by atoms with Gasteiger partial charge in [0.25, 0.3) is 0 Å². The van der Waals surface area contributed by atoms with Gasteiger partial charge in [0.1, 0.15) is 5.56 Å². The summed E-state index contributed by atoms with van der Waals surface area (Å²) in [5.74, 6) is -0.692. The molecule has 0 aliphatic carbocycles. The number of alkyl halides is 1. The number of hydrogen-bond donors (Lipinski definition) is 2. The summed E-state index contributed by atoms with van der Waals surface area (Å²) >= 11 is 12.4. The van der Waals surface area contributed by atoms with Crippen molar-refractivity contribution in [3.05, 3.63) is 46.6 Å². The third kappa shape index (κ3) is 3.66. The molecule has 0 saturated heterocycles. The van der Waals surface area contributed by atoms with Crippen LogP contribution in [0.3, 0.4) is 0 Å². The van der Waals surface area contributed by atoms with E-state index >= 15 is 0 Å². The molecule has 2 aromatic rings. The van der Waals surface area contributed by atoms with Crippen molar-refractivity contribution < 1.29 is 14.3 Å². The van der Waals surface area contributed by atoms with Gasteiger partial charge in [0, 0.05) is 5.56 Å². The molecule has 8 heteroatoms. The third-order valence-corrected chi connectivity index (χ3v) is 3.77. The van der Waals surface area contributed by atoms with Crippen molar-refractivity contribution in [1.82, 2.24) is 4.68 Å². The van der Waals surface area contributed by atoms with Crippen LogP contribution in [0.4, 0.5) is 4.79 Å². The summed E-state index contributed by atoms with van der Waals surface area (Å²) in [5.41, 5.74) is 9.17. The number of aromatic nitrogens is 1. The average Bonchev–Trinajstić information content (AvgIpc) is 2.78. The van der Waals surface area contributed by atoms with Gasteiger partial charge in [0.15, 0.2) is 0 Å². The molecular weight excluding hydrogens is 353 g/mol. The Hall–Kier alpha value is -2.18. The molecule has 24 heavy (non-hydrogen) atoms. The molecule has 0 spiro atoms. The van der Waals surface area contributed by atoms with E-state index in [1.165, 1.54) is 4.68 Å². The van der Waals surface area contributed by atoms with Crippen LogP contribution in [-0.2, 0) is 10.6 Å². The van der Waals surface area contributed by atoms with Gasteiger partial charge in [-0.1, -0.05) is 41.9 Å². The fraction of sp³-hybridized carbons (Fsp3) is 0.250. The highest BCUT2D eigenvalue weighted by Crippen LogP contribution is 2.36. The van der Waals surface area contributed by atoms with Crippen LogP contribution in [0.2, 0.25) is 5.02 Å². The first kappa shape index (κ1) is 18.2. The zero-order chi connectivity index (χ0) is 17.9. The molecule has 0 unspecified atom stereocenters. The van der Waals surface area contributed by atoms with Crippen molar-refractivity contribution in [2.24, 2.45) is 5.73 Å². The zero-order valence-corrected chi connectivity index (χ0v) is 14.7. The number of nitrogens with two attached hydrogens (primary N) is 1. The number of halogens is 2. The molecular formula is C16H17Cl2N3O3. The van der Waals surface area contributed by atoms with Gasteiger partial charge in [-0.3, -0.25) is 4.68 Å². The Labute approximate surface area is 149 Å². The molecule has 0 atom stereocenters. The van der Waals surface area contributed by atoms with Crippen molar-refractivity contribution >= 4 is 35.2 Å². The SMILES string of the molecule is CC(C)OC(=O)c1c(Cl)c(-c2ccccc2)n(NC(N)=O)c1CCl. The van der Waals surface area contributed by atoms with Crippen LogP contribution >= 0.6 is 23.2 Å². The molecule has 0 aliphatic heterocycles. The number of rotatable bonds is 5. The fourth-order valence-electron chi connectivity index (χ4n) is 2.28. The molecule has 0 fully saturated rings. The predicted molar refractivity (Wildman–Crippen MR) is 93.9 cm³/mol. The van der Waals surface area contributed by atoms with Crippen molar-refractivity contribution in [2.75, 3.05) is 5.43 Å². The van der Waals surface area contributed by atoms with E-state index < -0.39 is 12.0 Å². The first-order valence-corrected chi connectivity index (χ1v) is 8.10. The first-order chi connectivity index (χ1) is 11.4. The number of nitrogens with zero attached hydrogens (tertiary/aromatic N) is 1. The Morgan fingerprint density at radius 2 is 1.92 bits per heavy atom. The number of benzene rings is 1. The number of nitrogens with one attached hydrogen (secondary N) is 1. The van der Waals surface area contributed by atoms with Crippen molar-refractivity contribution in [3.8, 4) is 11.3 Å². The predicted octanol–water partition coefficient (Wildman–Crippen LogP) is 3.73. The first-order valence-electron chi connectivity index (χ1n) is 7.18. The Balaban J connectivity index is 2.71. The van der Waals surface area contributed by atoms with E-state index in [0.717, 1.165) is 0 Å². The van der Waals surface area contributed by atoms with E-state index in [1.54, 1.807) is 38.1 Å². The van der Waals surface area contributed by atoms with E-state index in [0.29, 0.717) is 17.0 Å². The number of carbonyl (C=O) groups is 2. The van der Waals surface area contributed by atoms with Crippen LogP contribution in [0.1, 0.15) is 29.9 Å². The highest BCUT2D eigenvalue weighted by molar-refractivity contribution is 6.36. The Kier molecular flexibility index (Phi) is 5.75. The van der Waals surface area contributed by atoms with Gasteiger partial charge in [-0.05, 0) is 13.8 Å².